The smallest absolute Gasteiger partial charge is 0.215 e. The van der Waals surface area contributed by atoms with Crippen molar-refractivity contribution >= 4 is 10.0 Å². The van der Waals surface area contributed by atoms with Gasteiger partial charge in [0, 0.05) is 12.6 Å². The predicted molar refractivity (Wildman–Crippen MR) is 87.7 cm³/mol. The van der Waals surface area contributed by atoms with Crippen molar-refractivity contribution in [3.05, 3.63) is 0 Å². The van der Waals surface area contributed by atoms with E-state index >= 15 is 0 Å². The maximum absolute atomic E-state index is 12.6. The summed E-state index contributed by atoms with van der Waals surface area (Å²) in [5.74, 6) is 0.656. The van der Waals surface area contributed by atoms with Crippen LogP contribution in [0.1, 0.15) is 60.3 Å². The zero-order valence-corrected chi connectivity index (χ0v) is 15.0. The highest BCUT2D eigenvalue weighted by Crippen LogP contribution is 2.62. The van der Waals surface area contributed by atoms with E-state index in [0.29, 0.717) is 12.5 Å². The van der Waals surface area contributed by atoms with E-state index in [-0.39, 0.29) is 22.1 Å². The number of sulfonamides is 1. The van der Waals surface area contributed by atoms with Crippen molar-refractivity contribution in [2.45, 2.75) is 71.6 Å². The third-order valence-electron chi connectivity index (χ3n) is 5.94. The molecule has 2 aliphatic rings. The Bertz CT molecular complexity index is 470. The second kappa shape index (κ2) is 5.82. The highest BCUT2D eigenvalue weighted by Gasteiger charge is 2.60. The lowest BCUT2D eigenvalue weighted by Crippen LogP contribution is -2.54. The van der Waals surface area contributed by atoms with Crippen LogP contribution >= 0.6 is 0 Å². The lowest BCUT2D eigenvalue weighted by molar-refractivity contribution is 0.127. The Balaban J connectivity index is 2.06. The van der Waals surface area contributed by atoms with E-state index in [1.54, 1.807) is 6.92 Å². The minimum atomic E-state index is -3.27. The van der Waals surface area contributed by atoms with Gasteiger partial charge in [-0.25, -0.2) is 13.1 Å². The maximum atomic E-state index is 12.6. The van der Waals surface area contributed by atoms with Crippen molar-refractivity contribution in [2.24, 2.45) is 16.7 Å². The first-order chi connectivity index (χ1) is 9.63. The fourth-order valence-electron chi connectivity index (χ4n) is 4.47. The third-order valence-corrected chi connectivity index (χ3v) is 7.73. The Morgan fingerprint density at radius 2 is 1.95 bits per heavy atom. The van der Waals surface area contributed by atoms with Gasteiger partial charge in [-0.2, -0.15) is 0 Å². The molecule has 0 aromatic rings. The molecule has 0 radical (unpaired) electrons. The molecule has 2 N–H and O–H groups in total. The zero-order valence-electron chi connectivity index (χ0n) is 14.2. The quantitative estimate of drug-likeness (QED) is 0.710. The Morgan fingerprint density at radius 1 is 1.29 bits per heavy atom. The summed E-state index contributed by atoms with van der Waals surface area (Å²) >= 11 is 0. The summed E-state index contributed by atoms with van der Waals surface area (Å²) in [6.07, 6.45) is 4.58. The summed E-state index contributed by atoms with van der Waals surface area (Å²) in [5.41, 5.74) is 0.203. The molecule has 0 aromatic heterocycles. The van der Waals surface area contributed by atoms with E-state index in [1.165, 1.54) is 6.42 Å². The topological polar surface area (TPSA) is 58.2 Å². The third kappa shape index (κ3) is 3.15. The van der Waals surface area contributed by atoms with Crippen LogP contribution in [0.2, 0.25) is 0 Å². The summed E-state index contributed by atoms with van der Waals surface area (Å²) in [6.45, 7) is 12.0. The van der Waals surface area contributed by atoms with Crippen molar-refractivity contribution in [3.63, 3.8) is 0 Å². The van der Waals surface area contributed by atoms with Gasteiger partial charge < -0.3 is 5.32 Å². The Kier molecular flexibility index (Phi) is 4.77. The second-order valence-electron chi connectivity index (χ2n) is 8.03. The van der Waals surface area contributed by atoms with Crippen LogP contribution < -0.4 is 10.0 Å². The second-order valence-corrected chi connectivity index (χ2v) is 10.2. The molecule has 4 nitrogen and oxygen atoms in total. The molecule has 2 aliphatic carbocycles. The van der Waals surface area contributed by atoms with Gasteiger partial charge in [0.1, 0.15) is 0 Å². The van der Waals surface area contributed by atoms with Crippen LogP contribution in [0.4, 0.5) is 0 Å². The number of fused-ring (bicyclic) bond motifs is 2. The number of hydrogen-bond acceptors (Lipinski definition) is 3. The van der Waals surface area contributed by atoms with Crippen LogP contribution in [0.5, 0.6) is 0 Å². The molecule has 2 saturated carbocycles. The minimum absolute atomic E-state index is 0.0661. The molecular formula is C16H32N2O2S. The number of nitrogens with one attached hydrogen (secondary N) is 2. The zero-order chi connectivity index (χ0) is 15.9. The van der Waals surface area contributed by atoms with Crippen molar-refractivity contribution in [2.75, 3.05) is 13.1 Å². The van der Waals surface area contributed by atoms with Gasteiger partial charge in [-0.15, -0.1) is 0 Å². The first kappa shape index (κ1) is 17.2. The van der Waals surface area contributed by atoms with Gasteiger partial charge >= 0.3 is 0 Å². The normalized spacial score (nSPS) is 36.0. The molecule has 5 heteroatoms. The van der Waals surface area contributed by atoms with Gasteiger partial charge in [-0.1, -0.05) is 27.7 Å². The van der Waals surface area contributed by atoms with Crippen LogP contribution in [-0.2, 0) is 10.0 Å². The molecule has 21 heavy (non-hydrogen) atoms. The standard InChI is InChI=1S/C16H32N2O2S/c1-6-9-17-11-12(2)21(19,20)18-14-15(3,4)13-7-8-16(14,5)10-13/h12-14,17-18H,6-11H2,1-5H3. The lowest BCUT2D eigenvalue weighted by atomic mass is 9.69. The van der Waals surface area contributed by atoms with Crippen LogP contribution in [0.15, 0.2) is 0 Å². The Hall–Kier alpha value is -0.130. The van der Waals surface area contributed by atoms with Crippen molar-refractivity contribution in [3.8, 4) is 0 Å². The summed E-state index contributed by atoms with van der Waals surface area (Å²) in [4.78, 5) is 0. The Labute approximate surface area is 130 Å². The molecular weight excluding hydrogens is 284 g/mol. The van der Waals surface area contributed by atoms with Crippen LogP contribution in [0, 0.1) is 16.7 Å². The van der Waals surface area contributed by atoms with Gasteiger partial charge in [-0.05, 0) is 55.9 Å². The fourth-order valence-corrected chi connectivity index (χ4v) is 5.95. The maximum Gasteiger partial charge on any atom is 0.215 e. The van der Waals surface area contributed by atoms with Crippen LogP contribution in [0.3, 0.4) is 0 Å². The molecule has 0 aliphatic heterocycles. The lowest BCUT2D eigenvalue weighted by Gasteiger charge is -2.43. The van der Waals surface area contributed by atoms with E-state index in [1.807, 2.05) is 0 Å². The molecule has 0 saturated heterocycles. The first-order valence-corrected chi connectivity index (χ1v) is 9.90. The van der Waals surface area contributed by atoms with Crippen LogP contribution in [0.25, 0.3) is 0 Å². The molecule has 124 valence electrons. The predicted octanol–water partition coefficient (Wildman–Crippen LogP) is 2.51. The van der Waals surface area contributed by atoms with E-state index < -0.39 is 10.0 Å². The first-order valence-electron chi connectivity index (χ1n) is 8.35. The van der Waals surface area contributed by atoms with Crippen molar-refractivity contribution in [1.29, 1.82) is 0 Å². The molecule has 2 bridgehead atoms. The molecule has 0 aromatic carbocycles. The summed E-state index contributed by atoms with van der Waals surface area (Å²) in [6, 6.07) is 0.0716. The minimum Gasteiger partial charge on any atom is -0.315 e. The van der Waals surface area contributed by atoms with Gasteiger partial charge in [0.05, 0.1) is 5.25 Å². The molecule has 0 heterocycles. The van der Waals surface area contributed by atoms with Gasteiger partial charge in [0.25, 0.3) is 0 Å². The molecule has 0 spiro atoms. The average Bonchev–Trinajstić information content (AvgIpc) is 2.86. The highest BCUT2D eigenvalue weighted by molar-refractivity contribution is 7.90. The van der Waals surface area contributed by atoms with E-state index in [0.717, 1.165) is 25.8 Å². The Morgan fingerprint density at radius 3 is 2.48 bits per heavy atom. The van der Waals surface area contributed by atoms with Crippen molar-refractivity contribution < 1.29 is 8.42 Å². The van der Waals surface area contributed by atoms with E-state index in [2.05, 4.69) is 37.7 Å². The monoisotopic (exact) mass is 316 g/mol. The molecule has 4 unspecified atom stereocenters. The number of hydrogen-bond donors (Lipinski definition) is 2. The van der Waals surface area contributed by atoms with Gasteiger partial charge in [0.15, 0.2) is 0 Å². The molecule has 4 atom stereocenters. The van der Waals surface area contributed by atoms with Gasteiger partial charge in [0.2, 0.25) is 10.0 Å². The van der Waals surface area contributed by atoms with E-state index in [9.17, 15) is 8.42 Å². The molecule has 0 amide bonds. The summed E-state index contributed by atoms with van der Waals surface area (Å²) in [5, 5.41) is 2.82. The SMILES string of the molecule is CCCNCC(C)S(=O)(=O)NC1C2(C)CCC(C2)C1(C)C. The number of rotatable bonds is 7. The average molecular weight is 317 g/mol. The summed E-state index contributed by atoms with van der Waals surface area (Å²) in [7, 11) is -3.27. The van der Waals surface area contributed by atoms with Gasteiger partial charge in [-0.3, -0.25) is 0 Å². The summed E-state index contributed by atoms with van der Waals surface area (Å²) < 4.78 is 28.3. The molecule has 2 rings (SSSR count). The van der Waals surface area contributed by atoms with E-state index in [4.69, 9.17) is 0 Å². The van der Waals surface area contributed by atoms with Crippen LogP contribution in [-0.4, -0.2) is 32.8 Å². The highest BCUT2D eigenvalue weighted by atomic mass is 32.2. The van der Waals surface area contributed by atoms with Crippen molar-refractivity contribution in [1.82, 2.24) is 10.0 Å². The molecule has 2 fully saturated rings. The fraction of sp³-hybridized carbons (Fsp3) is 1.00. The largest absolute Gasteiger partial charge is 0.315 e.